The van der Waals surface area contributed by atoms with Crippen LogP contribution < -0.4 is 5.32 Å². The van der Waals surface area contributed by atoms with E-state index in [1.54, 1.807) is 0 Å². The standard InChI is InChI=1S/C6H9NOS/c9-6-5-2-1-4(8-5)3-7-6/h4-5H,1-3H2,(H,7,9)/t4-,5+/m1/s1. The number of thiocarbonyl (C=S) groups is 1. The van der Waals surface area contributed by atoms with Crippen LogP contribution in [-0.4, -0.2) is 23.7 Å². The van der Waals surface area contributed by atoms with Gasteiger partial charge in [-0.2, -0.15) is 0 Å². The number of ether oxygens (including phenoxy) is 1. The van der Waals surface area contributed by atoms with Crippen molar-refractivity contribution in [2.24, 2.45) is 0 Å². The molecule has 0 spiro atoms. The summed E-state index contributed by atoms with van der Waals surface area (Å²) in [5.41, 5.74) is 0. The monoisotopic (exact) mass is 143 g/mol. The van der Waals surface area contributed by atoms with Crippen molar-refractivity contribution < 1.29 is 4.74 Å². The maximum absolute atomic E-state index is 5.51. The minimum absolute atomic E-state index is 0.249. The van der Waals surface area contributed by atoms with Gasteiger partial charge in [0.1, 0.15) is 11.1 Å². The largest absolute Gasteiger partial charge is 0.375 e. The van der Waals surface area contributed by atoms with Gasteiger partial charge < -0.3 is 10.1 Å². The molecule has 0 aromatic heterocycles. The van der Waals surface area contributed by atoms with Crippen LogP contribution >= 0.6 is 12.2 Å². The third-order valence-electron chi connectivity index (χ3n) is 1.90. The number of hydrogen-bond donors (Lipinski definition) is 1. The molecule has 2 atom stereocenters. The molecular weight excluding hydrogens is 134 g/mol. The summed E-state index contributed by atoms with van der Waals surface area (Å²) in [6, 6.07) is 0. The Morgan fingerprint density at radius 2 is 2.44 bits per heavy atom. The molecule has 2 bridgehead atoms. The molecule has 0 aliphatic carbocycles. The predicted molar refractivity (Wildman–Crippen MR) is 38.5 cm³/mol. The Kier molecular flexibility index (Phi) is 1.20. The van der Waals surface area contributed by atoms with E-state index in [1.165, 1.54) is 6.42 Å². The lowest BCUT2D eigenvalue weighted by atomic mass is 10.2. The van der Waals surface area contributed by atoms with E-state index >= 15 is 0 Å². The SMILES string of the molecule is S=C1NC[C@H]2CC[C@@H]1O2. The fraction of sp³-hybridized carbons (Fsp3) is 0.833. The molecule has 2 aliphatic heterocycles. The second-order valence-electron chi connectivity index (χ2n) is 2.57. The van der Waals surface area contributed by atoms with Gasteiger partial charge in [0.05, 0.1) is 6.10 Å². The second kappa shape index (κ2) is 1.92. The lowest BCUT2D eigenvalue weighted by molar-refractivity contribution is 0.0686. The van der Waals surface area contributed by atoms with Crippen LogP contribution in [-0.2, 0) is 4.74 Å². The highest BCUT2D eigenvalue weighted by Crippen LogP contribution is 2.22. The fourth-order valence-corrected chi connectivity index (χ4v) is 1.63. The van der Waals surface area contributed by atoms with E-state index in [1.807, 2.05) is 0 Å². The molecule has 0 saturated carbocycles. The Hall–Kier alpha value is -0.150. The Bertz CT molecular complexity index is 148. The molecule has 2 rings (SSSR count). The zero-order valence-electron chi connectivity index (χ0n) is 5.09. The summed E-state index contributed by atoms with van der Waals surface area (Å²) in [5.74, 6) is 0. The van der Waals surface area contributed by atoms with Crippen LogP contribution in [0.1, 0.15) is 12.8 Å². The highest BCUT2D eigenvalue weighted by atomic mass is 32.1. The predicted octanol–water partition coefficient (Wildman–Crippen LogP) is 0.465. The molecule has 0 unspecified atom stereocenters. The molecule has 2 fully saturated rings. The van der Waals surface area contributed by atoms with Crippen molar-refractivity contribution in [3.05, 3.63) is 0 Å². The summed E-state index contributed by atoms with van der Waals surface area (Å²) in [4.78, 5) is 0.906. The molecule has 1 N–H and O–H groups in total. The van der Waals surface area contributed by atoms with Crippen molar-refractivity contribution in [1.82, 2.24) is 5.32 Å². The molecule has 3 heteroatoms. The second-order valence-corrected chi connectivity index (χ2v) is 3.01. The van der Waals surface area contributed by atoms with Gasteiger partial charge in [-0.25, -0.2) is 0 Å². The molecule has 9 heavy (non-hydrogen) atoms. The van der Waals surface area contributed by atoms with Gasteiger partial charge >= 0.3 is 0 Å². The number of rotatable bonds is 0. The van der Waals surface area contributed by atoms with Crippen LogP contribution in [0.4, 0.5) is 0 Å². The first kappa shape index (κ1) is 5.62. The first-order valence-electron chi connectivity index (χ1n) is 3.29. The van der Waals surface area contributed by atoms with E-state index in [9.17, 15) is 0 Å². The summed E-state index contributed by atoms with van der Waals surface area (Å²) in [6.07, 6.45) is 2.99. The Labute approximate surface area is 59.6 Å². The third-order valence-corrected chi connectivity index (χ3v) is 2.31. The minimum atomic E-state index is 0.249. The van der Waals surface area contributed by atoms with Crippen LogP contribution in [0.25, 0.3) is 0 Å². The zero-order chi connectivity index (χ0) is 6.27. The van der Waals surface area contributed by atoms with E-state index in [0.29, 0.717) is 6.10 Å². The Morgan fingerprint density at radius 1 is 1.56 bits per heavy atom. The van der Waals surface area contributed by atoms with Gasteiger partial charge in [-0.15, -0.1) is 0 Å². The fourth-order valence-electron chi connectivity index (χ4n) is 1.38. The molecule has 0 aromatic carbocycles. The average molecular weight is 143 g/mol. The molecule has 50 valence electrons. The maximum atomic E-state index is 5.51. The summed E-state index contributed by atoms with van der Waals surface area (Å²) in [6.45, 7) is 0.926. The van der Waals surface area contributed by atoms with Crippen LogP contribution in [0.15, 0.2) is 0 Å². The van der Waals surface area contributed by atoms with Crippen LogP contribution in [0, 0.1) is 0 Å². The molecule has 0 amide bonds. The normalized spacial score (nSPS) is 40.7. The van der Waals surface area contributed by atoms with E-state index in [4.69, 9.17) is 17.0 Å². The Morgan fingerprint density at radius 3 is 3.22 bits per heavy atom. The van der Waals surface area contributed by atoms with Crippen LogP contribution in [0.3, 0.4) is 0 Å². The molecule has 2 heterocycles. The van der Waals surface area contributed by atoms with E-state index in [-0.39, 0.29) is 6.10 Å². The van der Waals surface area contributed by atoms with E-state index in [0.717, 1.165) is 18.0 Å². The highest BCUT2D eigenvalue weighted by molar-refractivity contribution is 7.80. The lowest BCUT2D eigenvalue weighted by Crippen LogP contribution is -2.42. The minimum Gasteiger partial charge on any atom is -0.375 e. The van der Waals surface area contributed by atoms with Gasteiger partial charge in [-0.1, -0.05) is 12.2 Å². The van der Waals surface area contributed by atoms with Crippen molar-refractivity contribution in [2.75, 3.05) is 6.54 Å². The van der Waals surface area contributed by atoms with Crippen molar-refractivity contribution in [3.63, 3.8) is 0 Å². The number of morpholine rings is 1. The first-order chi connectivity index (χ1) is 4.36. The maximum Gasteiger partial charge on any atom is 0.108 e. The smallest absolute Gasteiger partial charge is 0.108 e. The molecule has 2 aliphatic rings. The van der Waals surface area contributed by atoms with Gasteiger partial charge in [0.25, 0.3) is 0 Å². The van der Waals surface area contributed by atoms with Gasteiger partial charge in [-0.05, 0) is 12.8 Å². The number of nitrogens with one attached hydrogen (secondary N) is 1. The van der Waals surface area contributed by atoms with Crippen LogP contribution in [0.2, 0.25) is 0 Å². The van der Waals surface area contributed by atoms with Crippen molar-refractivity contribution in [3.8, 4) is 0 Å². The first-order valence-corrected chi connectivity index (χ1v) is 3.70. The summed E-state index contributed by atoms with van der Waals surface area (Å²) in [5, 5.41) is 3.15. The van der Waals surface area contributed by atoms with E-state index < -0.39 is 0 Å². The molecule has 2 saturated heterocycles. The van der Waals surface area contributed by atoms with Crippen molar-refractivity contribution >= 4 is 17.2 Å². The third kappa shape index (κ3) is 0.843. The number of fused-ring (bicyclic) bond motifs is 2. The zero-order valence-corrected chi connectivity index (χ0v) is 5.91. The molecule has 0 radical (unpaired) electrons. The van der Waals surface area contributed by atoms with Gasteiger partial charge in [-0.3, -0.25) is 0 Å². The lowest BCUT2D eigenvalue weighted by Gasteiger charge is -2.22. The number of hydrogen-bond acceptors (Lipinski definition) is 2. The van der Waals surface area contributed by atoms with Gasteiger partial charge in [0, 0.05) is 6.54 Å². The van der Waals surface area contributed by atoms with Crippen LogP contribution in [0.5, 0.6) is 0 Å². The van der Waals surface area contributed by atoms with Gasteiger partial charge in [0.15, 0.2) is 0 Å². The Balaban J connectivity index is 2.14. The average Bonchev–Trinajstić information content (AvgIpc) is 2.25. The van der Waals surface area contributed by atoms with Gasteiger partial charge in [0.2, 0.25) is 0 Å². The highest BCUT2D eigenvalue weighted by Gasteiger charge is 2.32. The van der Waals surface area contributed by atoms with Crippen molar-refractivity contribution in [2.45, 2.75) is 25.0 Å². The summed E-state index contributed by atoms with van der Waals surface area (Å²) >= 11 is 5.02. The molecule has 2 nitrogen and oxygen atoms in total. The topological polar surface area (TPSA) is 21.3 Å². The summed E-state index contributed by atoms with van der Waals surface area (Å²) in [7, 11) is 0. The van der Waals surface area contributed by atoms with Crippen molar-refractivity contribution in [1.29, 1.82) is 0 Å². The van der Waals surface area contributed by atoms with E-state index in [2.05, 4.69) is 5.32 Å². The molecule has 0 aromatic rings. The molecular formula is C6H9NOS. The quantitative estimate of drug-likeness (QED) is 0.498. The summed E-state index contributed by atoms with van der Waals surface area (Å²) < 4.78 is 5.51.